The summed E-state index contributed by atoms with van der Waals surface area (Å²) in [6, 6.07) is 11.7. The first-order valence-corrected chi connectivity index (χ1v) is 10.5. The van der Waals surface area contributed by atoms with Crippen molar-refractivity contribution >= 4 is 39.0 Å². The predicted octanol–water partition coefficient (Wildman–Crippen LogP) is 3.62. The third-order valence-corrected chi connectivity index (χ3v) is 6.23. The largest absolute Gasteiger partial charge is 0.355 e. The van der Waals surface area contributed by atoms with Crippen molar-refractivity contribution in [1.29, 1.82) is 0 Å². The summed E-state index contributed by atoms with van der Waals surface area (Å²) in [5.74, 6) is 2.51. The molecule has 1 aliphatic carbocycles. The molecule has 28 heavy (non-hydrogen) atoms. The van der Waals surface area contributed by atoms with Gasteiger partial charge in [0.1, 0.15) is 5.82 Å². The second-order valence-corrected chi connectivity index (χ2v) is 8.38. The van der Waals surface area contributed by atoms with Crippen LogP contribution in [-0.4, -0.2) is 38.8 Å². The van der Waals surface area contributed by atoms with Gasteiger partial charge in [0.2, 0.25) is 5.91 Å². The van der Waals surface area contributed by atoms with E-state index in [1.165, 1.54) is 12.8 Å². The van der Waals surface area contributed by atoms with Crippen molar-refractivity contribution in [3.8, 4) is 0 Å². The molecule has 0 bridgehead atoms. The molecule has 0 spiro atoms. The average molecular weight is 441 g/mol. The molecule has 8 heteroatoms. The molecule has 2 fully saturated rings. The Morgan fingerprint density at radius 1 is 1.04 bits per heavy atom. The van der Waals surface area contributed by atoms with Gasteiger partial charge >= 0.3 is 0 Å². The minimum absolute atomic E-state index is 0.0176. The SMILES string of the molecule is O=C(Nc1ccccc1Br)C1CCN(c2ccc3nnc(C4CC4)n3n2)CC1. The first kappa shape index (κ1) is 17.6. The zero-order valence-electron chi connectivity index (χ0n) is 15.4. The highest BCUT2D eigenvalue weighted by molar-refractivity contribution is 9.10. The smallest absolute Gasteiger partial charge is 0.227 e. The fourth-order valence-corrected chi connectivity index (χ4v) is 4.11. The van der Waals surface area contributed by atoms with E-state index in [4.69, 9.17) is 5.10 Å². The second kappa shape index (κ2) is 7.16. The predicted molar refractivity (Wildman–Crippen MR) is 110 cm³/mol. The van der Waals surface area contributed by atoms with Gasteiger partial charge in [-0.05, 0) is 65.9 Å². The number of hydrogen-bond donors (Lipinski definition) is 1. The number of para-hydroxylation sites is 1. The first-order chi connectivity index (χ1) is 13.7. The van der Waals surface area contributed by atoms with Crippen molar-refractivity contribution in [3.05, 3.63) is 46.7 Å². The second-order valence-electron chi connectivity index (χ2n) is 7.52. The van der Waals surface area contributed by atoms with Crippen LogP contribution in [0, 0.1) is 5.92 Å². The third kappa shape index (κ3) is 3.37. The molecule has 0 unspecified atom stereocenters. The van der Waals surface area contributed by atoms with Crippen molar-refractivity contribution in [2.45, 2.75) is 31.6 Å². The molecular formula is C20H21BrN6O. The van der Waals surface area contributed by atoms with Crippen LogP contribution >= 0.6 is 15.9 Å². The maximum atomic E-state index is 12.6. The molecule has 1 N–H and O–H groups in total. The molecule has 7 nitrogen and oxygen atoms in total. The number of carbonyl (C=O) groups excluding carboxylic acids is 1. The quantitative estimate of drug-likeness (QED) is 0.670. The Morgan fingerprint density at radius 3 is 2.57 bits per heavy atom. The Balaban J connectivity index is 1.25. The van der Waals surface area contributed by atoms with E-state index in [-0.39, 0.29) is 11.8 Å². The van der Waals surface area contributed by atoms with Crippen LogP contribution in [0.3, 0.4) is 0 Å². The van der Waals surface area contributed by atoms with Gasteiger partial charge in [-0.2, -0.15) is 4.52 Å². The molecule has 1 aromatic carbocycles. The normalized spacial score (nSPS) is 17.8. The van der Waals surface area contributed by atoms with E-state index < -0.39 is 0 Å². The summed E-state index contributed by atoms with van der Waals surface area (Å²) < 4.78 is 2.79. The van der Waals surface area contributed by atoms with Crippen LogP contribution in [0.5, 0.6) is 0 Å². The lowest BCUT2D eigenvalue weighted by molar-refractivity contribution is -0.120. The van der Waals surface area contributed by atoms with E-state index in [0.29, 0.717) is 5.92 Å². The van der Waals surface area contributed by atoms with Crippen LogP contribution in [0.2, 0.25) is 0 Å². The topological polar surface area (TPSA) is 75.4 Å². The van der Waals surface area contributed by atoms with E-state index in [9.17, 15) is 4.79 Å². The minimum atomic E-state index is 0.0176. The van der Waals surface area contributed by atoms with Crippen LogP contribution in [-0.2, 0) is 4.79 Å². The van der Waals surface area contributed by atoms with Crippen LogP contribution < -0.4 is 10.2 Å². The number of piperidine rings is 1. The van der Waals surface area contributed by atoms with E-state index in [0.717, 1.165) is 53.4 Å². The number of carbonyl (C=O) groups is 1. The highest BCUT2D eigenvalue weighted by Gasteiger charge is 2.30. The van der Waals surface area contributed by atoms with E-state index in [1.807, 2.05) is 40.9 Å². The first-order valence-electron chi connectivity index (χ1n) is 9.72. The highest BCUT2D eigenvalue weighted by atomic mass is 79.9. The molecule has 3 heterocycles. The van der Waals surface area contributed by atoms with Gasteiger partial charge < -0.3 is 10.2 Å². The standard InChI is InChI=1S/C20H21BrN6O/c21-15-3-1-2-4-16(15)22-20(28)14-9-11-26(12-10-14)18-8-7-17-23-24-19(13-5-6-13)27(17)25-18/h1-4,7-8,13-14H,5-6,9-12H2,(H,22,28). The number of halogens is 1. The zero-order valence-corrected chi connectivity index (χ0v) is 17.0. The third-order valence-electron chi connectivity index (χ3n) is 5.54. The number of hydrogen-bond acceptors (Lipinski definition) is 5. The van der Waals surface area contributed by atoms with Gasteiger partial charge in [-0.25, -0.2) is 0 Å². The number of rotatable bonds is 4. The molecule has 0 atom stereocenters. The molecule has 2 aromatic heterocycles. The molecule has 0 radical (unpaired) electrons. The van der Waals surface area contributed by atoms with E-state index in [1.54, 1.807) is 0 Å². The number of nitrogens with one attached hydrogen (secondary N) is 1. The lowest BCUT2D eigenvalue weighted by atomic mass is 9.96. The van der Waals surface area contributed by atoms with Gasteiger partial charge in [-0.15, -0.1) is 15.3 Å². The van der Waals surface area contributed by atoms with Crippen LogP contribution in [0.1, 0.15) is 37.4 Å². The van der Waals surface area contributed by atoms with Crippen LogP contribution in [0.25, 0.3) is 5.65 Å². The summed E-state index contributed by atoms with van der Waals surface area (Å²) in [4.78, 5) is 14.9. The van der Waals surface area contributed by atoms with Crippen molar-refractivity contribution < 1.29 is 4.79 Å². The number of anilines is 2. The van der Waals surface area contributed by atoms with Gasteiger partial charge in [0.15, 0.2) is 11.5 Å². The fourth-order valence-electron chi connectivity index (χ4n) is 3.73. The summed E-state index contributed by atoms with van der Waals surface area (Å²) in [5, 5.41) is 16.3. The molecule has 1 saturated carbocycles. The van der Waals surface area contributed by atoms with Crippen molar-refractivity contribution in [3.63, 3.8) is 0 Å². The number of nitrogens with zero attached hydrogens (tertiary/aromatic N) is 5. The molecule has 5 rings (SSSR count). The van der Waals surface area contributed by atoms with Crippen LogP contribution in [0.15, 0.2) is 40.9 Å². The monoisotopic (exact) mass is 440 g/mol. The van der Waals surface area contributed by atoms with E-state index in [2.05, 4.69) is 36.3 Å². The van der Waals surface area contributed by atoms with Gasteiger partial charge in [-0.3, -0.25) is 4.79 Å². The fraction of sp³-hybridized carbons (Fsp3) is 0.400. The Kier molecular flexibility index (Phi) is 4.50. The lowest BCUT2D eigenvalue weighted by Crippen LogP contribution is -2.38. The number of fused-ring (bicyclic) bond motifs is 1. The van der Waals surface area contributed by atoms with Gasteiger partial charge in [0.05, 0.1) is 5.69 Å². The summed E-state index contributed by atoms with van der Waals surface area (Å²) in [6.07, 6.45) is 3.97. The molecular weight excluding hydrogens is 420 g/mol. The van der Waals surface area contributed by atoms with Crippen LogP contribution in [0.4, 0.5) is 11.5 Å². The maximum Gasteiger partial charge on any atom is 0.227 e. The van der Waals surface area contributed by atoms with Gasteiger partial charge in [-0.1, -0.05) is 12.1 Å². The number of aromatic nitrogens is 4. The Bertz CT molecular complexity index is 1020. The summed E-state index contributed by atoms with van der Waals surface area (Å²) in [6.45, 7) is 1.63. The summed E-state index contributed by atoms with van der Waals surface area (Å²) >= 11 is 3.48. The Labute approximate surface area is 171 Å². The molecule has 1 amide bonds. The minimum Gasteiger partial charge on any atom is -0.355 e. The summed E-state index contributed by atoms with van der Waals surface area (Å²) in [7, 11) is 0. The van der Waals surface area contributed by atoms with Crippen molar-refractivity contribution in [1.82, 2.24) is 19.8 Å². The summed E-state index contributed by atoms with van der Waals surface area (Å²) in [5.41, 5.74) is 1.62. The van der Waals surface area contributed by atoms with E-state index >= 15 is 0 Å². The average Bonchev–Trinajstić information content (AvgIpc) is 3.48. The molecule has 2 aliphatic rings. The van der Waals surface area contributed by atoms with Crippen molar-refractivity contribution in [2.24, 2.45) is 5.92 Å². The Morgan fingerprint density at radius 2 is 1.82 bits per heavy atom. The molecule has 1 saturated heterocycles. The number of benzene rings is 1. The maximum absolute atomic E-state index is 12.6. The van der Waals surface area contributed by atoms with Gasteiger partial charge in [0.25, 0.3) is 0 Å². The zero-order chi connectivity index (χ0) is 19.1. The van der Waals surface area contributed by atoms with Crippen molar-refractivity contribution in [2.75, 3.05) is 23.3 Å². The molecule has 1 aliphatic heterocycles. The molecule has 3 aromatic rings. The lowest BCUT2D eigenvalue weighted by Gasteiger charge is -2.32. The highest BCUT2D eigenvalue weighted by Crippen LogP contribution is 2.38. The number of amides is 1. The molecule has 144 valence electrons. The van der Waals surface area contributed by atoms with Gasteiger partial charge in [0, 0.05) is 29.4 Å². The Hall–Kier alpha value is -2.48.